The molecule has 32 heavy (non-hydrogen) atoms. The number of rotatable bonds is 7. The Morgan fingerprint density at radius 1 is 1.09 bits per heavy atom. The van der Waals surface area contributed by atoms with Crippen molar-refractivity contribution in [2.24, 2.45) is 0 Å². The lowest BCUT2D eigenvalue weighted by molar-refractivity contribution is -0.118. The third kappa shape index (κ3) is 4.98. The van der Waals surface area contributed by atoms with Crippen LogP contribution >= 0.6 is 11.3 Å². The van der Waals surface area contributed by atoms with Crippen molar-refractivity contribution in [1.29, 1.82) is 0 Å². The SMILES string of the molecule is Cc1nn2c(=O)cc(COC(=O)c3ccccc3NC(=O)COc3ccccc3)nc2s1. The highest BCUT2D eigenvalue weighted by Crippen LogP contribution is 2.18. The van der Waals surface area contributed by atoms with Crippen LogP contribution in [0.15, 0.2) is 65.5 Å². The zero-order valence-electron chi connectivity index (χ0n) is 17.0. The molecule has 0 spiro atoms. The molecule has 0 radical (unpaired) electrons. The normalized spacial score (nSPS) is 10.7. The first-order valence-electron chi connectivity index (χ1n) is 9.60. The van der Waals surface area contributed by atoms with Gasteiger partial charge in [0.2, 0.25) is 4.96 Å². The predicted octanol–water partition coefficient (Wildman–Crippen LogP) is 2.83. The van der Waals surface area contributed by atoms with Gasteiger partial charge >= 0.3 is 5.97 Å². The average Bonchev–Trinajstić information content (AvgIpc) is 3.18. The molecule has 1 amide bonds. The fraction of sp³-hybridized carbons (Fsp3) is 0.136. The first kappa shape index (κ1) is 21.2. The molecular weight excluding hydrogens is 432 g/mol. The van der Waals surface area contributed by atoms with E-state index in [4.69, 9.17) is 9.47 Å². The Balaban J connectivity index is 1.41. The summed E-state index contributed by atoms with van der Waals surface area (Å²) in [5.74, 6) is -0.519. The van der Waals surface area contributed by atoms with Crippen LogP contribution in [0.5, 0.6) is 5.75 Å². The number of nitrogens with one attached hydrogen (secondary N) is 1. The molecule has 2 heterocycles. The van der Waals surface area contributed by atoms with E-state index in [0.29, 0.717) is 27.1 Å². The monoisotopic (exact) mass is 450 g/mol. The number of carbonyl (C=O) groups excluding carboxylic acids is 2. The maximum atomic E-state index is 12.6. The Morgan fingerprint density at radius 3 is 2.66 bits per heavy atom. The molecule has 0 aliphatic carbocycles. The number of benzene rings is 2. The lowest BCUT2D eigenvalue weighted by Gasteiger charge is -2.11. The molecule has 2 aromatic heterocycles. The molecule has 0 fully saturated rings. The van der Waals surface area contributed by atoms with Crippen LogP contribution in [-0.2, 0) is 16.1 Å². The topological polar surface area (TPSA) is 112 Å². The lowest BCUT2D eigenvalue weighted by Crippen LogP contribution is -2.22. The summed E-state index contributed by atoms with van der Waals surface area (Å²) in [5.41, 5.74) is 0.425. The molecule has 0 atom stereocenters. The maximum absolute atomic E-state index is 12.6. The van der Waals surface area contributed by atoms with Gasteiger partial charge in [0.25, 0.3) is 11.5 Å². The highest BCUT2D eigenvalue weighted by atomic mass is 32.1. The van der Waals surface area contributed by atoms with Gasteiger partial charge in [0.15, 0.2) is 6.61 Å². The van der Waals surface area contributed by atoms with Crippen molar-refractivity contribution in [3.05, 3.63) is 87.3 Å². The first-order valence-corrected chi connectivity index (χ1v) is 10.4. The summed E-state index contributed by atoms with van der Waals surface area (Å²) in [6.45, 7) is 1.37. The minimum absolute atomic E-state index is 0.173. The average molecular weight is 450 g/mol. The quantitative estimate of drug-likeness (QED) is 0.431. The molecule has 0 aliphatic heterocycles. The fourth-order valence-corrected chi connectivity index (χ4v) is 3.63. The highest BCUT2D eigenvalue weighted by molar-refractivity contribution is 7.16. The number of aromatic nitrogens is 3. The van der Waals surface area contributed by atoms with E-state index < -0.39 is 11.9 Å². The number of carbonyl (C=O) groups is 2. The van der Waals surface area contributed by atoms with E-state index in [1.54, 1.807) is 49.4 Å². The molecule has 4 aromatic rings. The Kier molecular flexibility index (Phi) is 6.22. The summed E-state index contributed by atoms with van der Waals surface area (Å²) < 4.78 is 12.0. The van der Waals surface area contributed by atoms with E-state index >= 15 is 0 Å². The molecule has 0 saturated heterocycles. The van der Waals surface area contributed by atoms with Crippen LogP contribution in [-0.4, -0.2) is 33.1 Å². The van der Waals surface area contributed by atoms with Crippen molar-refractivity contribution in [3.63, 3.8) is 0 Å². The Hall–Kier alpha value is -4.05. The van der Waals surface area contributed by atoms with Crippen LogP contribution in [0.25, 0.3) is 4.96 Å². The third-order valence-corrected chi connectivity index (χ3v) is 5.11. The van der Waals surface area contributed by atoms with Gasteiger partial charge < -0.3 is 14.8 Å². The second-order valence-electron chi connectivity index (χ2n) is 6.67. The number of hydrogen-bond acceptors (Lipinski definition) is 8. The van der Waals surface area contributed by atoms with Gasteiger partial charge in [0.05, 0.1) is 16.9 Å². The standard InChI is InChI=1S/C22H18N4O5S/c1-14-25-26-20(28)11-15(23-22(26)32-14)12-31-21(29)17-9-5-6-10-18(17)24-19(27)13-30-16-7-3-2-4-8-16/h2-11H,12-13H2,1H3,(H,24,27). The van der Waals surface area contributed by atoms with E-state index in [1.807, 2.05) is 6.07 Å². The minimum Gasteiger partial charge on any atom is -0.484 e. The van der Waals surface area contributed by atoms with Gasteiger partial charge in [-0.2, -0.15) is 9.61 Å². The van der Waals surface area contributed by atoms with Gasteiger partial charge in [-0.25, -0.2) is 9.78 Å². The van der Waals surface area contributed by atoms with Gasteiger partial charge in [-0.1, -0.05) is 41.7 Å². The highest BCUT2D eigenvalue weighted by Gasteiger charge is 2.16. The Labute approximate surface area is 186 Å². The molecule has 162 valence electrons. The summed E-state index contributed by atoms with van der Waals surface area (Å²) in [6, 6.07) is 16.7. The second-order valence-corrected chi connectivity index (χ2v) is 7.83. The van der Waals surface area contributed by atoms with Gasteiger partial charge in [-0.3, -0.25) is 9.59 Å². The molecular formula is C22H18N4O5S. The zero-order chi connectivity index (χ0) is 22.5. The number of anilines is 1. The number of amides is 1. The van der Waals surface area contributed by atoms with Gasteiger partial charge in [0.1, 0.15) is 17.4 Å². The maximum Gasteiger partial charge on any atom is 0.340 e. The zero-order valence-corrected chi connectivity index (χ0v) is 17.8. The second kappa shape index (κ2) is 9.40. The van der Waals surface area contributed by atoms with Crippen LogP contribution in [0.1, 0.15) is 21.1 Å². The molecule has 0 unspecified atom stereocenters. The summed E-state index contributed by atoms with van der Waals surface area (Å²) in [6.07, 6.45) is 0. The van der Waals surface area contributed by atoms with Gasteiger partial charge in [0, 0.05) is 6.07 Å². The van der Waals surface area contributed by atoms with Crippen LogP contribution < -0.4 is 15.6 Å². The van der Waals surface area contributed by atoms with Crippen molar-refractivity contribution in [1.82, 2.24) is 14.6 Å². The summed E-state index contributed by atoms with van der Waals surface area (Å²) >= 11 is 1.26. The summed E-state index contributed by atoms with van der Waals surface area (Å²) in [7, 11) is 0. The van der Waals surface area contributed by atoms with Crippen LogP contribution in [0.2, 0.25) is 0 Å². The number of hydrogen-bond donors (Lipinski definition) is 1. The first-order chi connectivity index (χ1) is 15.5. The molecule has 0 bridgehead atoms. The number of nitrogens with zero attached hydrogens (tertiary/aromatic N) is 3. The lowest BCUT2D eigenvalue weighted by atomic mass is 10.2. The molecule has 1 N–H and O–H groups in total. The van der Waals surface area contributed by atoms with E-state index in [-0.39, 0.29) is 24.3 Å². The van der Waals surface area contributed by atoms with Crippen molar-refractivity contribution in [2.45, 2.75) is 13.5 Å². The number of aryl methyl sites for hydroxylation is 1. The van der Waals surface area contributed by atoms with Crippen molar-refractivity contribution < 1.29 is 19.1 Å². The number of ether oxygens (including phenoxy) is 2. The number of esters is 1. The molecule has 4 rings (SSSR count). The van der Waals surface area contributed by atoms with E-state index in [0.717, 1.165) is 0 Å². The van der Waals surface area contributed by atoms with Crippen molar-refractivity contribution in [2.75, 3.05) is 11.9 Å². The van der Waals surface area contributed by atoms with E-state index in [9.17, 15) is 14.4 Å². The summed E-state index contributed by atoms with van der Waals surface area (Å²) in [5, 5.41) is 7.43. The molecule has 2 aromatic carbocycles. The smallest absolute Gasteiger partial charge is 0.340 e. The van der Waals surface area contributed by atoms with Crippen LogP contribution in [0.4, 0.5) is 5.69 Å². The van der Waals surface area contributed by atoms with Gasteiger partial charge in [-0.05, 0) is 31.2 Å². The molecule has 10 heteroatoms. The van der Waals surface area contributed by atoms with Crippen LogP contribution in [0, 0.1) is 6.92 Å². The predicted molar refractivity (Wildman–Crippen MR) is 118 cm³/mol. The van der Waals surface area contributed by atoms with Gasteiger partial charge in [-0.15, -0.1) is 0 Å². The summed E-state index contributed by atoms with van der Waals surface area (Å²) in [4.78, 5) is 41.8. The van der Waals surface area contributed by atoms with E-state index in [1.165, 1.54) is 28.0 Å². The number of fused-ring (bicyclic) bond motifs is 1. The fourth-order valence-electron chi connectivity index (χ4n) is 2.87. The van der Waals surface area contributed by atoms with Crippen molar-refractivity contribution >= 4 is 33.9 Å². The van der Waals surface area contributed by atoms with Crippen molar-refractivity contribution in [3.8, 4) is 5.75 Å². The molecule has 0 aliphatic rings. The Morgan fingerprint density at radius 2 is 1.84 bits per heavy atom. The minimum atomic E-state index is -0.660. The molecule has 0 saturated carbocycles. The largest absolute Gasteiger partial charge is 0.484 e. The molecule has 9 nitrogen and oxygen atoms in total. The number of para-hydroxylation sites is 2. The Bertz CT molecular complexity index is 1330. The van der Waals surface area contributed by atoms with Crippen LogP contribution in [0.3, 0.4) is 0 Å². The van der Waals surface area contributed by atoms with E-state index in [2.05, 4.69) is 15.4 Å². The third-order valence-electron chi connectivity index (χ3n) is 4.28.